The minimum Gasteiger partial charge on any atom is -0.465 e. The summed E-state index contributed by atoms with van der Waals surface area (Å²) in [5.74, 6) is -0.127. The van der Waals surface area contributed by atoms with E-state index in [9.17, 15) is 14.4 Å². The molecule has 10 nitrogen and oxygen atoms in total. The summed E-state index contributed by atoms with van der Waals surface area (Å²) in [6, 6.07) is 3.79. The minimum atomic E-state index is -0.796. The number of nitrogens with zero attached hydrogens (tertiary/aromatic N) is 4. The minimum absolute atomic E-state index is 0.0243. The maximum Gasteiger partial charge on any atom is 0.419 e. The number of pyridine rings is 1. The summed E-state index contributed by atoms with van der Waals surface area (Å²) < 4.78 is 17.5. The van der Waals surface area contributed by atoms with Crippen LogP contribution in [0, 0.1) is 12.8 Å². The Balaban J connectivity index is 2.24. The van der Waals surface area contributed by atoms with E-state index < -0.39 is 29.4 Å². The molecule has 2 amide bonds. The molecule has 2 heterocycles. The van der Waals surface area contributed by atoms with Gasteiger partial charge in [-0.05, 0) is 72.4 Å². The van der Waals surface area contributed by atoms with Crippen LogP contribution in [0.1, 0.15) is 66.1 Å². The molecule has 0 aliphatic heterocycles. The Morgan fingerprint density at radius 3 is 2.11 bits per heavy atom. The molecule has 0 bridgehead atoms. The number of methoxy groups -OCH3 is 1. The van der Waals surface area contributed by atoms with Crippen molar-refractivity contribution in [1.29, 1.82) is 0 Å². The van der Waals surface area contributed by atoms with E-state index in [1.165, 1.54) is 7.11 Å². The molecular formula is C27H38N4O6. The Kier molecular flexibility index (Phi) is 9.61. The molecule has 2 rings (SSSR count). The van der Waals surface area contributed by atoms with E-state index >= 15 is 0 Å². The second-order valence-electron chi connectivity index (χ2n) is 10.9. The van der Waals surface area contributed by atoms with Gasteiger partial charge in [-0.3, -0.25) is 4.57 Å². The summed E-state index contributed by atoms with van der Waals surface area (Å²) in [7, 11) is 1.30. The SMILES string of the molecule is COC(=O)C(=CC[C@@H](C)CN(C(=O)OC(C)(C)C)C(=O)OC(C)(C)C)c1cn(-c2ccc(C)cn2)cn1. The summed E-state index contributed by atoms with van der Waals surface area (Å²) in [5.41, 5.74) is 0.131. The average Bonchev–Trinajstić information content (AvgIpc) is 3.25. The number of amides is 2. The standard InChI is InChI=1S/C27H38N4O6/c1-18-11-13-22(28-14-18)30-16-21(29-17-30)20(23(32)35-9)12-10-19(2)15-31(24(33)36-26(3,4)5)25(34)37-27(6,7)8/h11-14,16-17,19H,10,15H2,1-9H3/t19-/m1/s1. The molecule has 0 N–H and O–H groups in total. The smallest absolute Gasteiger partial charge is 0.419 e. The molecular weight excluding hydrogens is 476 g/mol. The number of imidazole rings is 1. The van der Waals surface area contributed by atoms with Gasteiger partial charge in [0.15, 0.2) is 0 Å². The summed E-state index contributed by atoms with van der Waals surface area (Å²) >= 11 is 0. The first-order valence-corrected chi connectivity index (χ1v) is 12.1. The molecule has 0 aliphatic carbocycles. The Morgan fingerprint density at radius 2 is 1.62 bits per heavy atom. The molecule has 2 aromatic rings. The molecule has 0 saturated heterocycles. The van der Waals surface area contributed by atoms with Crippen molar-refractivity contribution < 1.29 is 28.6 Å². The number of hydrogen-bond donors (Lipinski definition) is 0. The summed E-state index contributed by atoms with van der Waals surface area (Å²) in [4.78, 5) is 47.8. The van der Waals surface area contributed by atoms with Gasteiger partial charge < -0.3 is 14.2 Å². The molecule has 2 aromatic heterocycles. The van der Waals surface area contributed by atoms with Gasteiger partial charge in [0.2, 0.25) is 0 Å². The van der Waals surface area contributed by atoms with Crippen LogP contribution in [0.5, 0.6) is 0 Å². The largest absolute Gasteiger partial charge is 0.465 e. The van der Waals surface area contributed by atoms with Gasteiger partial charge in [0.25, 0.3) is 0 Å². The summed E-state index contributed by atoms with van der Waals surface area (Å²) in [6.45, 7) is 14.1. The molecule has 0 saturated carbocycles. The molecule has 0 radical (unpaired) electrons. The Labute approximate surface area is 218 Å². The second kappa shape index (κ2) is 12.0. The van der Waals surface area contributed by atoms with Gasteiger partial charge in [-0.25, -0.2) is 29.3 Å². The number of carbonyl (C=O) groups is 3. The van der Waals surface area contributed by atoms with Crippen LogP contribution in [-0.2, 0) is 19.0 Å². The maximum atomic E-state index is 12.8. The number of rotatable bonds is 7. The van der Waals surface area contributed by atoms with Crippen molar-refractivity contribution in [3.05, 3.63) is 48.2 Å². The highest BCUT2D eigenvalue weighted by Crippen LogP contribution is 2.21. The van der Waals surface area contributed by atoms with E-state index in [1.807, 2.05) is 26.0 Å². The first-order valence-electron chi connectivity index (χ1n) is 12.1. The number of ether oxygens (including phenoxy) is 3. The Bertz CT molecular complexity index is 1100. The van der Waals surface area contributed by atoms with Crippen LogP contribution in [0.3, 0.4) is 0 Å². The average molecular weight is 515 g/mol. The fourth-order valence-corrected chi connectivity index (χ4v) is 3.17. The monoisotopic (exact) mass is 514 g/mol. The molecule has 1 atom stereocenters. The lowest BCUT2D eigenvalue weighted by atomic mass is 10.0. The van der Waals surface area contributed by atoms with Crippen molar-refractivity contribution in [1.82, 2.24) is 19.4 Å². The third-order valence-electron chi connectivity index (χ3n) is 4.87. The number of esters is 1. The van der Waals surface area contributed by atoms with Crippen molar-refractivity contribution in [3.63, 3.8) is 0 Å². The highest BCUT2D eigenvalue weighted by Gasteiger charge is 2.32. The predicted molar refractivity (Wildman–Crippen MR) is 139 cm³/mol. The fraction of sp³-hybridized carbons (Fsp3) is 0.519. The summed E-state index contributed by atoms with van der Waals surface area (Å²) in [5, 5.41) is 0. The topological polar surface area (TPSA) is 113 Å². The zero-order valence-electron chi connectivity index (χ0n) is 23.2. The van der Waals surface area contributed by atoms with Crippen LogP contribution in [0.15, 0.2) is 36.9 Å². The Hall–Kier alpha value is -3.69. The zero-order valence-corrected chi connectivity index (χ0v) is 23.2. The molecule has 0 aromatic carbocycles. The number of allylic oxidation sites excluding steroid dienone is 1. The van der Waals surface area contributed by atoms with Crippen molar-refractivity contribution in [2.45, 2.75) is 73.0 Å². The highest BCUT2D eigenvalue weighted by atomic mass is 16.6. The van der Waals surface area contributed by atoms with Crippen molar-refractivity contribution in [2.24, 2.45) is 5.92 Å². The molecule has 0 unspecified atom stereocenters. The third-order valence-corrected chi connectivity index (χ3v) is 4.87. The normalized spacial score (nSPS) is 13.1. The van der Waals surface area contributed by atoms with Gasteiger partial charge in [-0.2, -0.15) is 0 Å². The number of aromatic nitrogens is 3. The zero-order chi connectivity index (χ0) is 28.0. The highest BCUT2D eigenvalue weighted by molar-refractivity contribution is 6.15. The van der Waals surface area contributed by atoms with Crippen molar-refractivity contribution in [3.8, 4) is 5.82 Å². The van der Waals surface area contributed by atoms with Gasteiger partial charge in [0, 0.05) is 18.9 Å². The number of aryl methyl sites for hydroxylation is 1. The number of carbonyl (C=O) groups excluding carboxylic acids is 3. The van der Waals surface area contributed by atoms with Crippen LogP contribution in [0.4, 0.5) is 9.59 Å². The van der Waals surface area contributed by atoms with Gasteiger partial charge in [-0.1, -0.05) is 19.1 Å². The molecule has 0 spiro atoms. The first-order chi connectivity index (χ1) is 17.1. The number of imide groups is 1. The fourth-order valence-electron chi connectivity index (χ4n) is 3.17. The predicted octanol–water partition coefficient (Wildman–Crippen LogP) is 5.33. The van der Waals surface area contributed by atoms with E-state index in [4.69, 9.17) is 14.2 Å². The lowest BCUT2D eigenvalue weighted by Crippen LogP contribution is -2.45. The molecule has 0 fully saturated rings. The van der Waals surface area contributed by atoms with Crippen LogP contribution in [0.25, 0.3) is 11.4 Å². The quantitative estimate of drug-likeness (QED) is 0.277. The van der Waals surface area contributed by atoms with Crippen LogP contribution in [0.2, 0.25) is 0 Å². The van der Waals surface area contributed by atoms with Crippen LogP contribution >= 0.6 is 0 Å². The van der Waals surface area contributed by atoms with Gasteiger partial charge in [-0.15, -0.1) is 0 Å². The van der Waals surface area contributed by atoms with E-state index in [0.717, 1.165) is 10.5 Å². The third kappa shape index (κ3) is 9.36. The van der Waals surface area contributed by atoms with Crippen molar-refractivity contribution >= 4 is 23.7 Å². The molecule has 37 heavy (non-hydrogen) atoms. The van der Waals surface area contributed by atoms with Gasteiger partial charge >= 0.3 is 18.2 Å². The summed E-state index contributed by atoms with van der Waals surface area (Å²) in [6.07, 6.45) is 5.45. The first kappa shape index (κ1) is 29.5. The van der Waals surface area contributed by atoms with Crippen LogP contribution in [-0.4, -0.2) is 62.4 Å². The molecule has 0 aliphatic rings. The molecule has 202 valence electrons. The van der Waals surface area contributed by atoms with E-state index in [1.54, 1.807) is 70.9 Å². The number of hydrogen-bond acceptors (Lipinski definition) is 8. The van der Waals surface area contributed by atoms with E-state index in [-0.39, 0.29) is 18.0 Å². The van der Waals surface area contributed by atoms with Crippen molar-refractivity contribution in [2.75, 3.05) is 13.7 Å². The maximum absolute atomic E-state index is 12.8. The van der Waals surface area contributed by atoms with Gasteiger partial charge in [0.1, 0.15) is 23.3 Å². The lowest BCUT2D eigenvalue weighted by molar-refractivity contribution is -0.133. The van der Waals surface area contributed by atoms with Crippen LogP contribution < -0.4 is 0 Å². The Morgan fingerprint density at radius 1 is 1.03 bits per heavy atom. The van der Waals surface area contributed by atoms with E-state index in [2.05, 4.69) is 9.97 Å². The second-order valence-corrected chi connectivity index (χ2v) is 10.9. The lowest BCUT2D eigenvalue weighted by Gasteiger charge is -2.29. The van der Waals surface area contributed by atoms with E-state index in [0.29, 0.717) is 17.9 Å². The molecule has 10 heteroatoms. The van der Waals surface area contributed by atoms with Gasteiger partial charge in [0.05, 0.1) is 18.4 Å².